The van der Waals surface area contributed by atoms with Crippen LogP contribution in [0.15, 0.2) is 18.2 Å². The second kappa shape index (κ2) is 4.62. The molecule has 0 radical (unpaired) electrons. The summed E-state index contributed by atoms with van der Waals surface area (Å²) in [6, 6.07) is 4.77. The van der Waals surface area contributed by atoms with E-state index in [4.69, 9.17) is 5.73 Å². The summed E-state index contributed by atoms with van der Waals surface area (Å²) in [5.74, 6) is -0.0976. The van der Waals surface area contributed by atoms with Crippen LogP contribution in [0.2, 0.25) is 0 Å². The minimum atomic E-state index is -2.92. The molecule has 0 bridgehead atoms. The van der Waals surface area contributed by atoms with Crippen LogP contribution in [0.25, 0.3) is 0 Å². The van der Waals surface area contributed by atoms with Crippen LogP contribution < -0.4 is 10.6 Å². The molecular formula is C11H15FN2O2S. The number of nitrogens with two attached hydrogens (primary N) is 1. The molecule has 0 aliphatic carbocycles. The van der Waals surface area contributed by atoms with Crippen molar-refractivity contribution < 1.29 is 12.8 Å². The van der Waals surface area contributed by atoms with Gasteiger partial charge in [-0.15, -0.1) is 0 Å². The zero-order chi connectivity index (χ0) is 12.5. The third-order valence-corrected chi connectivity index (χ3v) is 4.59. The van der Waals surface area contributed by atoms with Gasteiger partial charge in [-0.05, 0) is 12.1 Å². The average molecular weight is 258 g/mol. The highest BCUT2D eigenvalue weighted by molar-refractivity contribution is 7.91. The number of benzene rings is 1. The van der Waals surface area contributed by atoms with Crippen LogP contribution in [0.1, 0.15) is 5.56 Å². The highest BCUT2D eigenvalue weighted by atomic mass is 32.2. The average Bonchev–Trinajstić information content (AvgIpc) is 2.29. The molecule has 1 aromatic rings. The molecule has 4 nitrogen and oxygen atoms in total. The lowest BCUT2D eigenvalue weighted by Gasteiger charge is -2.30. The zero-order valence-corrected chi connectivity index (χ0v) is 10.2. The van der Waals surface area contributed by atoms with Crippen LogP contribution in [0.3, 0.4) is 0 Å². The first-order chi connectivity index (χ1) is 8.03. The first-order valence-corrected chi connectivity index (χ1v) is 7.28. The van der Waals surface area contributed by atoms with Gasteiger partial charge in [-0.2, -0.15) is 0 Å². The van der Waals surface area contributed by atoms with E-state index >= 15 is 0 Å². The molecule has 1 saturated heterocycles. The number of nitrogens with zero attached hydrogens (tertiary/aromatic N) is 1. The summed E-state index contributed by atoms with van der Waals surface area (Å²) < 4.78 is 36.2. The Morgan fingerprint density at radius 1 is 1.29 bits per heavy atom. The van der Waals surface area contributed by atoms with Crippen molar-refractivity contribution in [2.24, 2.45) is 5.73 Å². The molecule has 94 valence electrons. The molecule has 1 fully saturated rings. The normalized spacial score (nSPS) is 19.3. The van der Waals surface area contributed by atoms with Crippen LogP contribution in [-0.4, -0.2) is 33.0 Å². The van der Waals surface area contributed by atoms with Gasteiger partial charge in [0.25, 0.3) is 0 Å². The third-order valence-electron chi connectivity index (χ3n) is 2.98. The van der Waals surface area contributed by atoms with Crippen LogP contribution in [0.4, 0.5) is 10.1 Å². The quantitative estimate of drug-likeness (QED) is 0.840. The van der Waals surface area contributed by atoms with E-state index in [2.05, 4.69) is 0 Å². The Kier molecular flexibility index (Phi) is 3.35. The van der Waals surface area contributed by atoms with Crippen molar-refractivity contribution >= 4 is 15.5 Å². The van der Waals surface area contributed by atoms with Gasteiger partial charge in [-0.1, -0.05) is 6.07 Å². The summed E-state index contributed by atoms with van der Waals surface area (Å²) in [5.41, 5.74) is 6.69. The Hall–Kier alpha value is -1.14. The lowest BCUT2D eigenvalue weighted by molar-refractivity contribution is 0.585. The van der Waals surface area contributed by atoms with Gasteiger partial charge in [0, 0.05) is 30.9 Å². The van der Waals surface area contributed by atoms with E-state index in [0.29, 0.717) is 24.3 Å². The monoisotopic (exact) mass is 258 g/mol. The maximum absolute atomic E-state index is 13.5. The van der Waals surface area contributed by atoms with E-state index < -0.39 is 9.84 Å². The fourth-order valence-corrected chi connectivity index (χ4v) is 3.20. The van der Waals surface area contributed by atoms with Crippen LogP contribution >= 0.6 is 0 Å². The molecule has 0 aromatic heterocycles. The van der Waals surface area contributed by atoms with E-state index in [-0.39, 0.29) is 23.9 Å². The molecule has 6 heteroatoms. The molecule has 0 unspecified atom stereocenters. The predicted molar refractivity (Wildman–Crippen MR) is 65.2 cm³/mol. The smallest absolute Gasteiger partial charge is 0.153 e. The van der Waals surface area contributed by atoms with Crippen molar-refractivity contribution in [3.63, 3.8) is 0 Å². The lowest BCUT2D eigenvalue weighted by atomic mass is 10.1. The summed E-state index contributed by atoms with van der Waals surface area (Å²) >= 11 is 0. The maximum atomic E-state index is 13.5. The molecule has 0 spiro atoms. The fraction of sp³-hybridized carbons (Fsp3) is 0.455. The first-order valence-electron chi connectivity index (χ1n) is 5.46. The summed E-state index contributed by atoms with van der Waals surface area (Å²) in [5, 5.41) is 0. The summed E-state index contributed by atoms with van der Waals surface area (Å²) in [4.78, 5) is 1.88. The first kappa shape index (κ1) is 12.3. The standard InChI is InChI=1S/C11H15FN2O2S/c12-10-2-1-3-11(9(10)8-13)14-4-6-17(15,16)7-5-14/h1-3H,4-8,13H2. The van der Waals surface area contributed by atoms with Crippen LogP contribution in [0.5, 0.6) is 0 Å². The Balaban J connectivity index is 2.27. The molecule has 0 saturated carbocycles. The molecule has 0 amide bonds. The van der Waals surface area contributed by atoms with Crippen molar-refractivity contribution in [1.82, 2.24) is 0 Å². The SMILES string of the molecule is NCc1c(F)cccc1N1CCS(=O)(=O)CC1. The molecular weight excluding hydrogens is 243 g/mol. The third kappa shape index (κ3) is 2.58. The van der Waals surface area contributed by atoms with Gasteiger partial charge < -0.3 is 10.6 Å². The largest absolute Gasteiger partial charge is 0.369 e. The Bertz CT molecular complexity index is 502. The number of anilines is 1. The van der Waals surface area contributed by atoms with Crippen molar-refractivity contribution in [1.29, 1.82) is 0 Å². The van der Waals surface area contributed by atoms with Gasteiger partial charge >= 0.3 is 0 Å². The van der Waals surface area contributed by atoms with Crippen LogP contribution in [-0.2, 0) is 16.4 Å². The fourth-order valence-electron chi connectivity index (χ4n) is 2.00. The lowest BCUT2D eigenvalue weighted by Crippen LogP contribution is -2.40. The second-order valence-electron chi connectivity index (χ2n) is 4.08. The van der Waals surface area contributed by atoms with E-state index in [1.54, 1.807) is 12.1 Å². The minimum Gasteiger partial charge on any atom is -0.369 e. The maximum Gasteiger partial charge on any atom is 0.153 e. The van der Waals surface area contributed by atoms with Crippen molar-refractivity contribution in [2.75, 3.05) is 29.5 Å². The number of sulfone groups is 1. The number of halogens is 1. The molecule has 1 heterocycles. The topological polar surface area (TPSA) is 63.4 Å². The van der Waals surface area contributed by atoms with E-state index in [9.17, 15) is 12.8 Å². The number of rotatable bonds is 2. The van der Waals surface area contributed by atoms with Gasteiger partial charge in [-0.3, -0.25) is 0 Å². The molecule has 2 rings (SSSR count). The molecule has 1 aliphatic rings. The van der Waals surface area contributed by atoms with E-state index in [1.807, 2.05) is 4.90 Å². The Morgan fingerprint density at radius 2 is 1.94 bits per heavy atom. The number of hydrogen-bond donors (Lipinski definition) is 1. The minimum absolute atomic E-state index is 0.116. The molecule has 17 heavy (non-hydrogen) atoms. The van der Waals surface area contributed by atoms with Crippen molar-refractivity contribution in [3.05, 3.63) is 29.6 Å². The second-order valence-corrected chi connectivity index (χ2v) is 6.38. The summed E-state index contributed by atoms with van der Waals surface area (Å²) in [6.45, 7) is 0.919. The predicted octanol–water partition coefficient (Wildman–Crippen LogP) is 0.519. The molecule has 0 atom stereocenters. The van der Waals surface area contributed by atoms with Gasteiger partial charge in [0.2, 0.25) is 0 Å². The van der Waals surface area contributed by atoms with Gasteiger partial charge in [0.15, 0.2) is 9.84 Å². The summed E-state index contributed by atoms with van der Waals surface area (Å²) in [7, 11) is -2.92. The van der Waals surface area contributed by atoms with Crippen LogP contribution in [0, 0.1) is 5.82 Å². The van der Waals surface area contributed by atoms with E-state index in [1.165, 1.54) is 6.07 Å². The number of hydrogen-bond acceptors (Lipinski definition) is 4. The Morgan fingerprint density at radius 3 is 2.53 bits per heavy atom. The molecule has 2 N–H and O–H groups in total. The molecule has 1 aliphatic heterocycles. The van der Waals surface area contributed by atoms with Crippen molar-refractivity contribution in [3.8, 4) is 0 Å². The van der Waals surface area contributed by atoms with Crippen molar-refractivity contribution in [2.45, 2.75) is 6.54 Å². The van der Waals surface area contributed by atoms with E-state index in [0.717, 1.165) is 0 Å². The van der Waals surface area contributed by atoms with Gasteiger partial charge in [0.1, 0.15) is 5.82 Å². The Labute approximate surface area is 100 Å². The zero-order valence-electron chi connectivity index (χ0n) is 9.39. The summed E-state index contributed by atoms with van der Waals surface area (Å²) in [6.07, 6.45) is 0. The highest BCUT2D eigenvalue weighted by Gasteiger charge is 2.23. The van der Waals surface area contributed by atoms with Gasteiger partial charge in [0.05, 0.1) is 11.5 Å². The highest BCUT2D eigenvalue weighted by Crippen LogP contribution is 2.24. The molecule has 1 aromatic carbocycles. The van der Waals surface area contributed by atoms with Gasteiger partial charge in [-0.25, -0.2) is 12.8 Å².